The van der Waals surface area contributed by atoms with Crippen LogP contribution in [0, 0.1) is 0 Å². The predicted octanol–water partition coefficient (Wildman–Crippen LogP) is 4.57. The van der Waals surface area contributed by atoms with Gasteiger partial charge < -0.3 is 0 Å². The van der Waals surface area contributed by atoms with Gasteiger partial charge in [0.1, 0.15) is 0 Å². The molecule has 0 aliphatic carbocycles. The fraction of sp³-hybridized carbons (Fsp3) is 0.143. The molecule has 2 aromatic carbocycles. The summed E-state index contributed by atoms with van der Waals surface area (Å²) < 4.78 is 2.84. The Labute approximate surface area is 124 Å². The molecule has 0 N–H and O–H groups in total. The van der Waals surface area contributed by atoms with E-state index in [0.29, 0.717) is 0 Å². The van der Waals surface area contributed by atoms with Crippen LogP contribution in [0.4, 0.5) is 0 Å². The van der Waals surface area contributed by atoms with Gasteiger partial charge in [0.05, 0.1) is 0 Å². The molecule has 84 valence electrons. The van der Waals surface area contributed by atoms with Gasteiger partial charge in [-0.2, -0.15) is 0 Å². The van der Waals surface area contributed by atoms with Crippen molar-refractivity contribution in [1.29, 1.82) is 0 Å². The molecular weight excluding hydrogens is 433 g/mol. The Kier molecular flexibility index (Phi) is 6.53. The van der Waals surface area contributed by atoms with Crippen molar-refractivity contribution in [2.45, 2.75) is 9.79 Å². The van der Waals surface area contributed by atoms with Crippen LogP contribution in [-0.2, 0) is 24.6 Å². The van der Waals surface area contributed by atoms with Crippen molar-refractivity contribution in [3.8, 4) is 0 Å². The van der Waals surface area contributed by atoms with Gasteiger partial charge in [-0.1, -0.05) is 0 Å². The molecule has 0 atom stereocenters. The first kappa shape index (κ1) is 13.5. The normalized spacial score (nSPS) is 9.88. The third kappa shape index (κ3) is 5.49. The maximum absolute atomic E-state index is 2.21. The van der Waals surface area contributed by atoms with Crippen LogP contribution < -0.4 is 0 Å². The Morgan fingerprint density at radius 1 is 0.647 bits per heavy atom. The number of hydrogen-bond donors (Lipinski definition) is 0. The molecule has 2 aromatic rings. The summed E-state index contributed by atoms with van der Waals surface area (Å²) in [6.07, 6.45) is 0. The summed E-state index contributed by atoms with van der Waals surface area (Å²) in [5, 5.41) is 0. The van der Waals surface area contributed by atoms with E-state index in [-0.39, 0.29) is 0 Å². The Bertz CT molecular complexity index is 375. The molecule has 0 aliphatic rings. The third-order valence-electron chi connectivity index (χ3n) is 2.31. The third-order valence-corrected chi connectivity index (χ3v) is 16.0. The molecule has 0 heterocycles. The van der Waals surface area contributed by atoms with Crippen LogP contribution in [0.1, 0.15) is 0 Å². The van der Waals surface area contributed by atoms with Gasteiger partial charge in [0.2, 0.25) is 0 Å². The number of hydrogen-bond acceptors (Lipinski definition) is 2. The Morgan fingerprint density at radius 2 is 1.06 bits per heavy atom. The van der Waals surface area contributed by atoms with Gasteiger partial charge in [-0.3, -0.25) is 0 Å². The van der Waals surface area contributed by atoms with E-state index >= 15 is 0 Å². The van der Waals surface area contributed by atoms with Crippen molar-refractivity contribution in [2.75, 3.05) is 6.52 Å². The summed E-state index contributed by atoms with van der Waals surface area (Å²) in [5.41, 5.74) is 0. The van der Waals surface area contributed by atoms with Crippen LogP contribution in [0.2, 0.25) is 0 Å². The monoisotopic (exact) mass is 448 g/mol. The summed E-state index contributed by atoms with van der Waals surface area (Å²) in [6, 6.07) is 21.5. The zero-order valence-corrected chi connectivity index (χ0v) is 16.8. The molecule has 0 bridgehead atoms. The average molecular weight is 447 g/mol. The van der Waals surface area contributed by atoms with Gasteiger partial charge in [-0.25, -0.2) is 0 Å². The minimum atomic E-state index is -0.670. The average Bonchev–Trinajstić information content (AvgIpc) is 2.41. The van der Waals surface area contributed by atoms with E-state index in [2.05, 4.69) is 60.7 Å². The van der Waals surface area contributed by atoms with Gasteiger partial charge in [0.25, 0.3) is 0 Å². The Balaban J connectivity index is 1.61. The molecule has 2 rings (SSSR count). The molecular formula is C14H14HgS2. The second-order valence-electron chi connectivity index (χ2n) is 3.68. The van der Waals surface area contributed by atoms with Gasteiger partial charge in [0, 0.05) is 0 Å². The first-order valence-corrected chi connectivity index (χ1v) is 15.6. The van der Waals surface area contributed by atoms with Crippen molar-refractivity contribution < 1.29 is 24.6 Å². The number of rotatable bonds is 6. The Morgan fingerprint density at radius 3 is 1.47 bits per heavy atom. The molecule has 0 spiro atoms. The van der Waals surface area contributed by atoms with E-state index in [4.69, 9.17) is 0 Å². The zero-order chi connectivity index (χ0) is 11.8. The van der Waals surface area contributed by atoms with Crippen molar-refractivity contribution in [1.82, 2.24) is 0 Å². The molecule has 0 aliphatic heterocycles. The van der Waals surface area contributed by atoms with E-state index in [9.17, 15) is 0 Å². The van der Waals surface area contributed by atoms with Crippen LogP contribution in [0.25, 0.3) is 0 Å². The fourth-order valence-electron chi connectivity index (χ4n) is 1.47. The number of benzene rings is 2. The van der Waals surface area contributed by atoms with Gasteiger partial charge >= 0.3 is 125 Å². The standard InChI is InChI=1S/2C7H7S.Hg/c2*1-8-7-5-3-2-4-6-7;/h2*2-6H,1H2;. The van der Waals surface area contributed by atoms with Crippen LogP contribution in [0.5, 0.6) is 0 Å². The van der Waals surface area contributed by atoms with Crippen LogP contribution in [0.3, 0.4) is 0 Å². The van der Waals surface area contributed by atoms with E-state index < -0.39 is 24.6 Å². The summed E-state index contributed by atoms with van der Waals surface area (Å²) in [4.78, 5) is 2.86. The molecule has 17 heavy (non-hydrogen) atoms. The van der Waals surface area contributed by atoms with Gasteiger partial charge in [-0.05, 0) is 0 Å². The van der Waals surface area contributed by atoms with Crippen molar-refractivity contribution in [2.24, 2.45) is 0 Å². The Hall–Kier alpha value is 0.0751. The molecule has 0 nitrogen and oxygen atoms in total. The van der Waals surface area contributed by atoms with Crippen molar-refractivity contribution in [3.63, 3.8) is 0 Å². The molecule has 0 amide bonds. The van der Waals surface area contributed by atoms with E-state index in [1.54, 1.807) is 0 Å². The number of thioether (sulfide) groups is 2. The first-order chi connectivity index (χ1) is 8.45. The quantitative estimate of drug-likeness (QED) is 0.362. The molecule has 0 aromatic heterocycles. The first-order valence-electron chi connectivity index (χ1n) is 5.81. The molecule has 3 heteroatoms. The van der Waals surface area contributed by atoms with E-state index in [1.165, 1.54) is 16.3 Å². The van der Waals surface area contributed by atoms with E-state index in [0.717, 1.165) is 0 Å². The van der Waals surface area contributed by atoms with Gasteiger partial charge in [0.15, 0.2) is 0 Å². The molecule has 0 unspecified atom stereocenters. The molecule has 0 fully saturated rings. The second kappa shape index (κ2) is 8.22. The van der Waals surface area contributed by atoms with Crippen LogP contribution in [-0.4, -0.2) is 6.52 Å². The molecule has 0 saturated carbocycles. The van der Waals surface area contributed by atoms with Crippen molar-refractivity contribution >= 4 is 23.5 Å². The zero-order valence-electron chi connectivity index (χ0n) is 9.71. The topological polar surface area (TPSA) is 0 Å². The van der Waals surface area contributed by atoms with E-state index in [1.807, 2.05) is 23.5 Å². The minimum absolute atomic E-state index is 0.670. The summed E-state index contributed by atoms with van der Waals surface area (Å²) in [5.74, 6) is 0. The van der Waals surface area contributed by atoms with Crippen LogP contribution in [0.15, 0.2) is 70.5 Å². The van der Waals surface area contributed by atoms with Crippen molar-refractivity contribution in [3.05, 3.63) is 60.7 Å². The maximum atomic E-state index is 2.21. The van der Waals surface area contributed by atoms with Crippen LogP contribution >= 0.6 is 23.5 Å². The summed E-state index contributed by atoms with van der Waals surface area (Å²) >= 11 is 3.41. The molecule has 0 saturated heterocycles. The second-order valence-corrected chi connectivity index (χ2v) is 18.3. The predicted molar refractivity (Wildman–Crippen MR) is 74.3 cm³/mol. The summed E-state index contributed by atoms with van der Waals surface area (Å²) in [7, 11) is 0. The fourth-order valence-corrected chi connectivity index (χ4v) is 16.4. The molecule has 0 radical (unpaired) electrons. The summed E-state index contributed by atoms with van der Waals surface area (Å²) in [6.45, 7) is 0. The van der Waals surface area contributed by atoms with Gasteiger partial charge in [-0.15, -0.1) is 0 Å². The SMILES string of the molecule is c1ccc(S[CH2][Hg][CH2]Sc2ccccc2)cc1.